The van der Waals surface area contributed by atoms with Crippen LogP contribution in [0.25, 0.3) is 0 Å². The van der Waals surface area contributed by atoms with Crippen molar-refractivity contribution in [1.82, 2.24) is 9.97 Å². The highest BCUT2D eigenvalue weighted by molar-refractivity contribution is 5.81. The highest BCUT2D eigenvalue weighted by Gasteiger charge is 2.30. The number of rotatable bonds is 7. The van der Waals surface area contributed by atoms with Gasteiger partial charge in [0.15, 0.2) is 0 Å². The number of hydrogen-bond donors (Lipinski definition) is 2. The average molecular weight is 379 g/mol. The molecule has 144 valence electrons. The Hall–Kier alpha value is -3.10. The van der Waals surface area contributed by atoms with Crippen LogP contribution in [0.4, 0.5) is 24.7 Å². The first kappa shape index (κ1) is 20.2. The summed E-state index contributed by atoms with van der Waals surface area (Å²) in [6, 6.07) is 5.26. The van der Waals surface area contributed by atoms with Gasteiger partial charge in [0, 0.05) is 24.0 Å². The maximum atomic E-state index is 12.1. The third-order valence-electron chi connectivity index (χ3n) is 3.71. The second-order valence-electron chi connectivity index (χ2n) is 5.65. The Morgan fingerprint density at radius 2 is 1.93 bits per heavy atom. The molecule has 0 atom stereocenters. The molecule has 0 saturated carbocycles. The van der Waals surface area contributed by atoms with Crippen molar-refractivity contribution in [2.45, 2.75) is 26.6 Å². The summed E-state index contributed by atoms with van der Waals surface area (Å²) in [5, 5.41) is 3.21. The molecule has 0 radical (unpaired) electrons. The molecule has 27 heavy (non-hydrogen) atoms. The molecule has 0 saturated heterocycles. The molecule has 1 aromatic heterocycles. The van der Waals surface area contributed by atoms with E-state index in [0.29, 0.717) is 18.7 Å². The molecule has 0 unspecified atom stereocenters. The number of hydrogen-bond acceptors (Lipinski definition) is 6. The summed E-state index contributed by atoms with van der Waals surface area (Å²) < 4.78 is 40.2. The van der Waals surface area contributed by atoms with Crippen molar-refractivity contribution < 1.29 is 17.9 Å². The molecular formula is C18H20F3N5O. The Bertz CT molecular complexity index is 817. The highest BCUT2D eigenvalue weighted by Crippen LogP contribution is 2.24. The van der Waals surface area contributed by atoms with Crippen LogP contribution in [0.1, 0.15) is 17.7 Å². The minimum Gasteiger partial charge on any atom is -0.406 e. The lowest BCUT2D eigenvalue weighted by molar-refractivity contribution is -0.274. The molecule has 9 heteroatoms. The lowest BCUT2D eigenvalue weighted by Crippen LogP contribution is -2.16. The zero-order chi connectivity index (χ0) is 19.9. The molecule has 1 heterocycles. The summed E-state index contributed by atoms with van der Waals surface area (Å²) in [4.78, 5) is 12.5. The van der Waals surface area contributed by atoms with E-state index in [0.717, 1.165) is 22.6 Å². The van der Waals surface area contributed by atoms with Crippen LogP contribution < -0.4 is 15.8 Å². The van der Waals surface area contributed by atoms with Gasteiger partial charge in [-0.05, 0) is 56.3 Å². The Kier molecular flexibility index (Phi) is 6.75. The van der Waals surface area contributed by atoms with Crippen molar-refractivity contribution in [1.29, 1.82) is 0 Å². The number of halogens is 3. The number of anilines is 1. The summed E-state index contributed by atoms with van der Waals surface area (Å²) >= 11 is 0. The van der Waals surface area contributed by atoms with Crippen LogP contribution in [0.3, 0.4) is 0 Å². The van der Waals surface area contributed by atoms with E-state index < -0.39 is 6.36 Å². The lowest BCUT2D eigenvalue weighted by Gasteiger charge is -2.09. The Balaban J connectivity index is 1.90. The molecule has 0 spiro atoms. The number of aryl methyl sites for hydroxylation is 1. The molecular weight excluding hydrogens is 359 g/mol. The number of nitrogens with two attached hydrogens (primary N) is 1. The first-order valence-electron chi connectivity index (χ1n) is 8.11. The van der Waals surface area contributed by atoms with Gasteiger partial charge in [-0.1, -0.05) is 0 Å². The monoisotopic (exact) mass is 379 g/mol. The lowest BCUT2D eigenvalue weighted by atomic mass is 10.2. The van der Waals surface area contributed by atoms with Crippen molar-refractivity contribution in [2.24, 2.45) is 10.7 Å². The van der Waals surface area contributed by atoms with Gasteiger partial charge in [0.1, 0.15) is 17.9 Å². The van der Waals surface area contributed by atoms with Crippen molar-refractivity contribution >= 4 is 17.7 Å². The fourth-order valence-electron chi connectivity index (χ4n) is 2.12. The van der Waals surface area contributed by atoms with E-state index in [1.807, 2.05) is 13.8 Å². The molecule has 3 N–H and O–H groups in total. The Morgan fingerprint density at radius 3 is 2.56 bits per heavy atom. The summed E-state index contributed by atoms with van der Waals surface area (Å²) in [7, 11) is 0. The number of aliphatic imine (C=N–C) groups is 1. The van der Waals surface area contributed by atoms with E-state index in [1.54, 1.807) is 6.21 Å². The Labute approximate surface area is 155 Å². The van der Waals surface area contributed by atoms with Crippen LogP contribution in [0.15, 0.2) is 47.4 Å². The van der Waals surface area contributed by atoms with Gasteiger partial charge in [0.25, 0.3) is 0 Å². The predicted molar refractivity (Wildman–Crippen MR) is 98.2 cm³/mol. The normalized spacial score (nSPS) is 12.4. The van der Waals surface area contributed by atoms with Crippen molar-refractivity contribution in [3.8, 4) is 5.75 Å². The van der Waals surface area contributed by atoms with E-state index in [1.165, 1.54) is 36.8 Å². The summed E-state index contributed by atoms with van der Waals surface area (Å²) in [6.07, 6.45) is 0.382. The third-order valence-corrected chi connectivity index (χ3v) is 3.71. The first-order valence-corrected chi connectivity index (χ1v) is 8.11. The standard InChI is InChI=1S/C18H20F3N5O/c1-12-13(2)25-11-26-17(12)23-8-7-14(9-22)10-24-15-3-5-16(6-4-15)27-18(19,20)21/h3-6,9-11H,7-8,22H2,1-2H3,(H,23,25,26). The van der Waals surface area contributed by atoms with E-state index in [9.17, 15) is 13.2 Å². The molecule has 1 aromatic carbocycles. The van der Waals surface area contributed by atoms with Crippen LogP contribution in [-0.4, -0.2) is 29.1 Å². The average Bonchev–Trinajstić information content (AvgIpc) is 2.61. The molecule has 0 aliphatic carbocycles. The SMILES string of the molecule is Cc1ncnc(NCCC(C=Nc2ccc(OC(F)(F)F)cc2)=CN)c1C. The van der Waals surface area contributed by atoms with Crippen LogP contribution >= 0.6 is 0 Å². The number of nitrogens with zero attached hydrogens (tertiary/aromatic N) is 3. The van der Waals surface area contributed by atoms with Crippen LogP contribution in [0.5, 0.6) is 5.75 Å². The van der Waals surface area contributed by atoms with Crippen molar-refractivity contribution in [3.05, 3.63) is 53.6 Å². The quantitative estimate of drug-likeness (QED) is 0.709. The fraction of sp³-hybridized carbons (Fsp3) is 0.278. The van der Waals surface area contributed by atoms with Crippen LogP contribution in [-0.2, 0) is 0 Å². The van der Waals surface area contributed by atoms with Crippen LogP contribution in [0, 0.1) is 13.8 Å². The van der Waals surface area contributed by atoms with Crippen molar-refractivity contribution in [2.75, 3.05) is 11.9 Å². The van der Waals surface area contributed by atoms with Gasteiger partial charge < -0.3 is 15.8 Å². The van der Waals surface area contributed by atoms with Crippen LogP contribution in [0.2, 0.25) is 0 Å². The van der Waals surface area contributed by atoms with Gasteiger partial charge in [0.2, 0.25) is 0 Å². The van der Waals surface area contributed by atoms with Gasteiger partial charge in [-0.2, -0.15) is 0 Å². The van der Waals surface area contributed by atoms with E-state index in [2.05, 4.69) is 25.0 Å². The first-order chi connectivity index (χ1) is 12.8. The minimum absolute atomic E-state index is 0.296. The molecule has 0 aliphatic rings. The minimum atomic E-state index is -4.71. The largest absolute Gasteiger partial charge is 0.573 e. The summed E-state index contributed by atoms with van der Waals surface area (Å²) in [6.45, 7) is 4.43. The second-order valence-corrected chi connectivity index (χ2v) is 5.65. The molecule has 2 rings (SSSR count). The number of nitrogens with one attached hydrogen (secondary N) is 1. The van der Waals surface area contributed by atoms with Gasteiger partial charge in [-0.15, -0.1) is 13.2 Å². The Morgan fingerprint density at radius 1 is 1.22 bits per heavy atom. The topological polar surface area (TPSA) is 85.4 Å². The fourth-order valence-corrected chi connectivity index (χ4v) is 2.12. The number of ether oxygens (including phenoxy) is 1. The van der Waals surface area contributed by atoms with Crippen molar-refractivity contribution in [3.63, 3.8) is 0 Å². The maximum absolute atomic E-state index is 12.1. The second kappa shape index (κ2) is 9.02. The molecule has 0 fully saturated rings. The van der Waals surface area contributed by atoms with Gasteiger partial charge >= 0.3 is 6.36 Å². The number of alkyl halides is 3. The summed E-state index contributed by atoms with van der Waals surface area (Å²) in [5.41, 5.74) is 8.74. The van der Waals surface area contributed by atoms with Gasteiger partial charge in [-0.3, -0.25) is 4.99 Å². The van der Waals surface area contributed by atoms with Gasteiger partial charge in [0.05, 0.1) is 5.69 Å². The smallest absolute Gasteiger partial charge is 0.406 e. The number of benzene rings is 1. The van der Waals surface area contributed by atoms with E-state index >= 15 is 0 Å². The zero-order valence-corrected chi connectivity index (χ0v) is 14.9. The van der Waals surface area contributed by atoms with E-state index in [4.69, 9.17) is 5.73 Å². The molecule has 6 nitrogen and oxygen atoms in total. The number of aromatic nitrogens is 2. The highest BCUT2D eigenvalue weighted by atomic mass is 19.4. The third kappa shape index (κ3) is 6.61. The molecule has 0 bridgehead atoms. The summed E-state index contributed by atoms with van der Waals surface area (Å²) in [5.74, 6) is 0.465. The molecule has 2 aromatic rings. The predicted octanol–water partition coefficient (Wildman–Crippen LogP) is 4.04. The van der Waals surface area contributed by atoms with Gasteiger partial charge in [-0.25, -0.2) is 9.97 Å². The zero-order valence-electron chi connectivity index (χ0n) is 14.9. The molecule has 0 amide bonds. The van der Waals surface area contributed by atoms with E-state index in [-0.39, 0.29) is 5.75 Å². The maximum Gasteiger partial charge on any atom is 0.573 e. The molecule has 0 aliphatic heterocycles.